The summed E-state index contributed by atoms with van der Waals surface area (Å²) in [5.74, 6) is 0. The van der Waals surface area contributed by atoms with Crippen molar-refractivity contribution in [2.45, 2.75) is 41.5 Å². The molecule has 0 saturated heterocycles. The van der Waals surface area contributed by atoms with E-state index < -0.39 is 0 Å². The molecular weight excluding hydrogens is 1040 g/mol. The zero-order chi connectivity index (χ0) is 57.6. The maximum absolute atomic E-state index is 2.64. The summed E-state index contributed by atoms with van der Waals surface area (Å²) in [6.45, 7) is 13.7. The van der Waals surface area contributed by atoms with Crippen LogP contribution in [0.1, 0.15) is 33.6 Å². The zero-order valence-corrected chi connectivity index (χ0v) is 49.1. The first kappa shape index (κ1) is 50.0. The van der Waals surface area contributed by atoms with Crippen molar-refractivity contribution in [2.24, 2.45) is 0 Å². The topological polar surface area (TPSA) is 19.6 Å². The molecule has 0 unspecified atom stereocenters. The first-order chi connectivity index (χ1) is 42.2. The minimum Gasteiger partial charge on any atom is -0.314 e. The molecular formula is C80H60BN5. The van der Waals surface area contributed by atoms with E-state index in [1.165, 1.54) is 126 Å². The average Bonchev–Trinajstić information content (AvgIpc) is 1.43. The van der Waals surface area contributed by atoms with Crippen molar-refractivity contribution < 1.29 is 0 Å². The van der Waals surface area contributed by atoms with Crippen LogP contribution >= 0.6 is 0 Å². The number of anilines is 9. The summed E-state index contributed by atoms with van der Waals surface area (Å²) in [4.78, 5) is 7.60. The van der Waals surface area contributed by atoms with Gasteiger partial charge in [0.15, 0.2) is 0 Å². The van der Waals surface area contributed by atoms with Gasteiger partial charge >= 0.3 is 0 Å². The number of aromatic nitrogens is 2. The van der Waals surface area contributed by atoms with Crippen LogP contribution in [0.3, 0.4) is 0 Å². The Kier molecular flexibility index (Phi) is 11.0. The molecule has 0 bridgehead atoms. The van der Waals surface area contributed by atoms with Crippen LogP contribution in [0.15, 0.2) is 255 Å². The van der Waals surface area contributed by atoms with Crippen molar-refractivity contribution in [1.82, 2.24) is 9.13 Å². The van der Waals surface area contributed by atoms with Gasteiger partial charge in [0, 0.05) is 66.5 Å². The third-order valence-electron chi connectivity index (χ3n) is 19.2. The molecule has 0 aliphatic carbocycles. The van der Waals surface area contributed by atoms with Crippen LogP contribution in [0.25, 0.3) is 76.3 Å². The van der Waals surface area contributed by atoms with Crippen molar-refractivity contribution in [2.75, 3.05) is 14.7 Å². The summed E-state index contributed by atoms with van der Waals surface area (Å²) in [6, 6.07) is 95.5. The van der Waals surface area contributed by atoms with Gasteiger partial charge in [-0.1, -0.05) is 193 Å². The largest absolute Gasteiger partial charge is 0.314 e. The van der Waals surface area contributed by atoms with E-state index in [-0.39, 0.29) is 6.71 Å². The van der Waals surface area contributed by atoms with E-state index in [0.29, 0.717) is 0 Å². The lowest BCUT2D eigenvalue weighted by Crippen LogP contribution is -2.59. The third kappa shape index (κ3) is 7.20. The molecule has 17 rings (SSSR count). The molecule has 86 heavy (non-hydrogen) atoms. The summed E-state index contributed by atoms with van der Waals surface area (Å²) < 4.78 is 5.28. The van der Waals surface area contributed by atoms with E-state index in [0.717, 1.165) is 51.2 Å². The van der Waals surface area contributed by atoms with Crippen LogP contribution in [0.2, 0.25) is 0 Å². The second-order valence-corrected chi connectivity index (χ2v) is 23.9. The third-order valence-corrected chi connectivity index (χ3v) is 19.2. The molecule has 0 radical (unpaired) electrons. The van der Waals surface area contributed by atoms with Crippen molar-refractivity contribution in [3.05, 3.63) is 288 Å². The van der Waals surface area contributed by atoms with Crippen LogP contribution in [-0.4, -0.2) is 15.8 Å². The van der Waals surface area contributed by atoms with Gasteiger partial charge in [-0.15, -0.1) is 0 Å². The first-order valence-corrected chi connectivity index (χ1v) is 30.1. The fourth-order valence-electron chi connectivity index (χ4n) is 15.0. The van der Waals surface area contributed by atoms with Gasteiger partial charge in [0.1, 0.15) is 0 Å². The Labute approximate surface area is 501 Å². The summed E-state index contributed by atoms with van der Waals surface area (Å²) in [7, 11) is 0. The van der Waals surface area contributed by atoms with Crippen molar-refractivity contribution >= 4 is 139 Å². The van der Waals surface area contributed by atoms with E-state index in [1.54, 1.807) is 0 Å². The van der Waals surface area contributed by atoms with Crippen molar-refractivity contribution in [1.29, 1.82) is 0 Å². The van der Waals surface area contributed by atoms with Crippen molar-refractivity contribution in [3.8, 4) is 11.4 Å². The molecule has 2 aliphatic rings. The smallest absolute Gasteiger partial charge is 0.252 e. The number of hydrogen-bond acceptors (Lipinski definition) is 3. The minimum atomic E-state index is -0.108. The lowest BCUT2D eigenvalue weighted by molar-refractivity contribution is 1.01. The number of benzene rings is 13. The highest BCUT2D eigenvalue weighted by Crippen LogP contribution is 2.51. The number of nitrogens with zero attached hydrogens (tertiary/aromatic N) is 5. The Morgan fingerprint density at radius 3 is 0.965 bits per heavy atom. The molecule has 408 valence electrons. The van der Waals surface area contributed by atoms with Crippen LogP contribution < -0.4 is 31.1 Å². The van der Waals surface area contributed by atoms with E-state index >= 15 is 0 Å². The van der Waals surface area contributed by atoms with E-state index in [1.807, 2.05) is 0 Å². The summed E-state index contributed by atoms with van der Waals surface area (Å²) in [5.41, 5.74) is 26.5. The summed E-state index contributed by atoms with van der Waals surface area (Å²) in [6.07, 6.45) is 0. The first-order valence-electron chi connectivity index (χ1n) is 30.1. The fourth-order valence-corrected chi connectivity index (χ4v) is 15.0. The molecule has 2 aromatic heterocycles. The molecule has 0 saturated carbocycles. The standard InChI is InChI=1S/C80H60BN5/c1-49-35-39-59(40-36-49)84(60-41-37-50(2)38-42-60)61-47-74-78-75(48-61)83-54(6)52(4)77-73(86(70-33-17-25-57-21-9-13-29-64(57)70)71-34-18-26-58-22-10-14-30-65(58)71)46-44-67(80(77)83)81(78)66-43-45-72(76-51(3)53(5)82(74)79(66)76)85(68-31-15-23-55-19-7-11-27-62(55)68)69-32-16-24-56-20-8-12-28-63(56)69/h7-48H,1-6H3. The van der Waals surface area contributed by atoms with Gasteiger partial charge in [-0.2, -0.15) is 0 Å². The summed E-state index contributed by atoms with van der Waals surface area (Å²) >= 11 is 0. The summed E-state index contributed by atoms with van der Waals surface area (Å²) in [5, 5.41) is 12.2. The molecule has 13 aromatic carbocycles. The normalized spacial score (nSPS) is 12.3. The molecule has 4 heterocycles. The number of hydrogen-bond donors (Lipinski definition) is 0. The van der Waals surface area contributed by atoms with Crippen LogP contribution in [0.5, 0.6) is 0 Å². The van der Waals surface area contributed by atoms with E-state index in [4.69, 9.17) is 0 Å². The van der Waals surface area contributed by atoms with Crippen LogP contribution in [0.4, 0.5) is 51.2 Å². The molecule has 0 amide bonds. The fraction of sp³-hybridized carbons (Fsp3) is 0.0750. The van der Waals surface area contributed by atoms with Gasteiger partial charge in [-0.25, -0.2) is 0 Å². The van der Waals surface area contributed by atoms with Crippen LogP contribution in [-0.2, 0) is 0 Å². The Bertz CT molecular complexity index is 4830. The van der Waals surface area contributed by atoms with Gasteiger partial charge in [0.05, 0.1) is 50.8 Å². The van der Waals surface area contributed by atoms with Crippen molar-refractivity contribution in [3.63, 3.8) is 0 Å². The second-order valence-electron chi connectivity index (χ2n) is 23.9. The highest BCUT2D eigenvalue weighted by molar-refractivity contribution is 7.00. The number of fused-ring (bicyclic) bond motifs is 8. The Balaban J connectivity index is 1.00. The van der Waals surface area contributed by atoms with Gasteiger partial charge in [0.2, 0.25) is 0 Å². The second kappa shape index (κ2) is 19.0. The molecule has 2 aliphatic heterocycles. The van der Waals surface area contributed by atoms with Gasteiger partial charge in [-0.05, 0) is 163 Å². The molecule has 6 heteroatoms. The van der Waals surface area contributed by atoms with Crippen LogP contribution in [0, 0.1) is 41.5 Å². The average molecular weight is 1100 g/mol. The SMILES string of the molecule is Cc1ccc(N(c2ccc(C)cc2)c2cc3c4c(c2)-n2c(C)c(C)c5c(N(c6cccc7ccccc67)c6cccc7ccccc67)ccc(c52)B4c2ccc(N(c4cccc5ccccc45)c4cccc5ccccc45)c4c(C)c(C)n-3c24)cc1. The van der Waals surface area contributed by atoms with E-state index in [9.17, 15) is 0 Å². The number of aryl methyl sites for hydroxylation is 4. The van der Waals surface area contributed by atoms with Gasteiger partial charge < -0.3 is 23.8 Å². The molecule has 0 N–H and O–H groups in total. The molecule has 5 nitrogen and oxygen atoms in total. The van der Waals surface area contributed by atoms with Gasteiger partial charge in [-0.3, -0.25) is 0 Å². The molecule has 0 fully saturated rings. The zero-order valence-electron chi connectivity index (χ0n) is 49.1. The highest BCUT2D eigenvalue weighted by atomic mass is 15.2. The molecule has 0 atom stereocenters. The Hall–Kier alpha value is -10.6. The lowest BCUT2D eigenvalue weighted by atomic mass is 9.34. The quantitative estimate of drug-likeness (QED) is 0.134. The predicted molar refractivity (Wildman–Crippen MR) is 367 cm³/mol. The molecule has 0 spiro atoms. The Morgan fingerprint density at radius 1 is 0.291 bits per heavy atom. The maximum atomic E-state index is 2.64. The highest BCUT2D eigenvalue weighted by Gasteiger charge is 2.43. The lowest BCUT2D eigenvalue weighted by Gasteiger charge is -2.37. The van der Waals surface area contributed by atoms with Gasteiger partial charge in [0.25, 0.3) is 6.71 Å². The monoisotopic (exact) mass is 1100 g/mol. The Morgan fingerprint density at radius 2 is 0.616 bits per heavy atom. The molecule has 15 aromatic rings. The number of rotatable bonds is 9. The van der Waals surface area contributed by atoms with E-state index in [2.05, 4.69) is 320 Å². The maximum Gasteiger partial charge on any atom is 0.252 e. The predicted octanol–water partition coefficient (Wildman–Crippen LogP) is 19.6. The minimum absolute atomic E-state index is 0.108.